The van der Waals surface area contributed by atoms with Crippen LogP contribution in [-0.4, -0.2) is 17.7 Å². The van der Waals surface area contributed by atoms with Gasteiger partial charge in [0.2, 0.25) is 0 Å². The van der Waals surface area contributed by atoms with E-state index < -0.39 is 0 Å². The Hall–Kier alpha value is -2.49. The van der Waals surface area contributed by atoms with Crippen LogP contribution < -0.4 is 9.64 Å². The van der Waals surface area contributed by atoms with Crippen LogP contribution in [0.1, 0.15) is 24.8 Å². The van der Waals surface area contributed by atoms with Gasteiger partial charge in [0, 0.05) is 24.7 Å². The van der Waals surface area contributed by atoms with Crippen molar-refractivity contribution in [1.82, 2.24) is 0 Å². The second kappa shape index (κ2) is 7.39. The fourth-order valence-electron chi connectivity index (χ4n) is 3.19. The molecule has 24 heavy (non-hydrogen) atoms. The molecule has 0 aliphatic carbocycles. The van der Waals surface area contributed by atoms with Gasteiger partial charge >= 0.3 is 0 Å². The predicted octanol–water partition coefficient (Wildman–Crippen LogP) is 4.84. The lowest BCUT2D eigenvalue weighted by Gasteiger charge is -2.26. The minimum atomic E-state index is -0.253. The molecule has 1 fully saturated rings. The molecule has 1 heterocycles. The molecule has 2 aromatic carbocycles. The van der Waals surface area contributed by atoms with E-state index in [1.54, 1.807) is 6.07 Å². The van der Waals surface area contributed by atoms with Crippen LogP contribution in [-0.2, 0) is 6.61 Å². The van der Waals surface area contributed by atoms with Crippen molar-refractivity contribution < 1.29 is 14.2 Å². The number of anilines is 1. The smallest absolute Gasteiger partial charge is 0.123 e. The molecule has 3 rings (SSSR count). The summed E-state index contributed by atoms with van der Waals surface area (Å²) in [6, 6.07) is 14.6. The first-order valence-corrected chi connectivity index (χ1v) is 8.22. The van der Waals surface area contributed by atoms with Gasteiger partial charge in [-0.25, -0.2) is 4.39 Å². The van der Waals surface area contributed by atoms with Crippen LogP contribution in [0.4, 0.5) is 10.1 Å². The van der Waals surface area contributed by atoms with Gasteiger partial charge in [0.15, 0.2) is 0 Å². The normalized spacial score (nSPS) is 17.0. The van der Waals surface area contributed by atoms with E-state index in [0.29, 0.717) is 19.1 Å². The predicted molar refractivity (Wildman–Crippen MR) is 93.9 cm³/mol. The Bertz CT molecular complexity index is 699. The molecular formula is C20H22FNO2. The van der Waals surface area contributed by atoms with Crippen molar-refractivity contribution in [3.63, 3.8) is 0 Å². The number of rotatable bonds is 6. The maximum atomic E-state index is 13.2. The van der Waals surface area contributed by atoms with Crippen LogP contribution in [0.5, 0.6) is 5.75 Å². The zero-order valence-corrected chi connectivity index (χ0v) is 13.6. The molecule has 1 aliphatic rings. The van der Waals surface area contributed by atoms with Gasteiger partial charge in [-0.15, -0.1) is 0 Å². The molecule has 1 aliphatic heterocycles. The molecule has 1 atom stereocenters. The lowest BCUT2D eigenvalue weighted by Crippen LogP contribution is -2.29. The minimum absolute atomic E-state index is 0.238. The summed E-state index contributed by atoms with van der Waals surface area (Å²) in [6.07, 6.45) is 2.80. The number of benzene rings is 2. The number of ether oxygens (including phenoxy) is 1. The fourth-order valence-corrected chi connectivity index (χ4v) is 3.19. The Morgan fingerprint density at radius 2 is 2.04 bits per heavy atom. The number of aliphatic hydroxyl groups is 1. The van der Waals surface area contributed by atoms with Crippen LogP contribution in [0.2, 0.25) is 0 Å². The lowest BCUT2D eigenvalue weighted by molar-refractivity contribution is 0.305. The SMILES string of the molecule is C=C(O)CC1CCCN1c1ccc(OCc2cccc(F)c2)cc1. The van der Waals surface area contributed by atoms with Crippen LogP contribution in [0.3, 0.4) is 0 Å². The first-order valence-electron chi connectivity index (χ1n) is 8.22. The quantitative estimate of drug-likeness (QED) is 0.771. The average Bonchev–Trinajstić information content (AvgIpc) is 3.01. The third-order valence-electron chi connectivity index (χ3n) is 4.31. The summed E-state index contributed by atoms with van der Waals surface area (Å²) >= 11 is 0. The molecule has 4 heteroatoms. The van der Waals surface area contributed by atoms with Crippen molar-refractivity contribution in [1.29, 1.82) is 0 Å². The maximum absolute atomic E-state index is 13.2. The highest BCUT2D eigenvalue weighted by molar-refractivity contribution is 5.51. The van der Waals surface area contributed by atoms with E-state index in [1.807, 2.05) is 30.3 Å². The van der Waals surface area contributed by atoms with Crippen molar-refractivity contribution in [2.45, 2.75) is 31.9 Å². The molecule has 1 saturated heterocycles. The fraction of sp³-hybridized carbons (Fsp3) is 0.300. The first kappa shape index (κ1) is 16.4. The molecule has 1 N–H and O–H groups in total. The largest absolute Gasteiger partial charge is 0.513 e. The van der Waals surface area contributed by atoms with Gasteiger partial charge in [-0.1, -0.05) is 18.7 Å². The third-order valence-corrected chi connectivity index (χ3v) is 4.31. The summed E-state index contributed by atoms with van der Waals surface area (Å²) in [6.45, 7) is 4.93. The Labute approximate surface area is 142 Å². The number of hydrogen-bond acceptors (Lipinski definition) is 3. The number of aliphatic hydroxyl groups excluding tert-OH is 1. The summed E-state index contributed by atoms with van der Waals surface area (Å²) in [4.78, 5) is 2.30. The van der Waals surface area contributed by atoms with Crippen molar-refractivity contribution in [2.75, 3.05) is 11.4 Å². The Balaban J connectivity index is 1.61. The van der Waals surface area contributed by atoms with Gasteiger partial charge in [0.05, 0.1) is 5.76 Å². The van der Waals surface area contributed by atoms with E-state index in [1.165, 1.54) is 12.1 Å². The van der Waals surface area contributed by atoms with Gasteiger partial charge in [0.1, 0.15) is 18.2 Å². The number of nitrogens with zero attached hydrogens (tertiary/aromatic N) is 1. The topological polar surface area (TPSA) is 32.7 Å². The second-order valence-electron chi connectivity index (χ2n) is 6.17. The average molecular weight is 327 g/mol. The summed E-state index contributed by atoms with van der Waals surface area (Å²) in [5.41, 5.74) is 1.93. The Kier molecular flexibility index (Phi) is 5.04. The summed E-state index contributed by atoms with van der Waals surface area (Å²) in [5, 5.41) is 9.45. The van der Waals surface area contributed by atoms with Crippen molar-refractivity contribution in [3.8, 4) is 5.75 Å². The van der Waals surface area contributed by atoms with Gasteiger partial charge in [-0.3, -0.25) is 0 Å². The Morgan fingerprint density at radius 1 is 1.25 bits per heavy atom. The van der Waals surface area contributed by atoms with Gasteiger partial charge in [0.25, 0.3) is 0 Å². The van der Waals surface area contributed by atoms with E-state index >= 15 is 0 Å². The van der Waals surface area contributed by atoms with E-state index in [2.05, 4.69) is 11.5 Å². The second-order valence-corrected chi connectivity index (χ2v) is 6.17. The molecule has 1 unspecified atom stereocenters. The summed E-state index contributed by atoms with van der Waals surface area (Å²) in [7, 11) is 0. The van der Waals surface area contributed by atoms with E-state index in [4.69, 9.17) is 4.74 Å². The van der Waals surface area contributed by atoms with Crippen molar-refractivity contribution in [3.05, 3.63) is 72.2 Å². The van der Waals surface area contributed by atoms with E-state index in [9.17, 15) is 9.50 Å². The Morgan fingerprint density at radius 3 is 2.75 bits per heavy atom. The van der Waals surface area contributed by atoms with Crippen LogP contribution in [0.15, 0.2) is 60.9 Å². The summed E-state index contributed by atoms with van der Waals surface area (Å²) < 4.78 is 18.9. The summed E-state index contributed by atoms with van der Waals surface area (Å²) in [5.74, 6) is 0.740. The first-order chi connectivity index (χ1) is 11.6. The highest BCUT2D eigenvalue weighted by atomic mass is 19.1. The third kappa shape index (κ3) is 4.07. The van der Waals surface area contributed by atoms with Crippen molar-refractivity contribution in [2.24, 2.45) is 0 Å². The highest BCUT2D eigenvalue weighted by Gasteiger charge is 2.25. The molecule has 0 radical (unpaired) electrons. The lowest BCUT2D eigenvalue weighted by atomic mass is 10.1. The molecule has 126 valence electrons. The molecule has 2 aromatic rings. The standard InChI is InChI=1S/C20H22FNO2/c1-15(23)12-19-6-3-11-22(19)18-7-9-20(10-8-18)24-14-16-4-2-5-17(21)13-16/h2,4-5,7-10,13,19,23H,1,3,6,11-12,14H2. The van der Waals surface area contributed by atoms with Gasteiger partial charge < -0.3 is 14.7 Å². The molecule has 3 nitrogen and oxygen atoms in total. The van der Waals surface area contributed by atoms with Crippen LogP contribution >= 0.6 is 0 Å². The number of halogens is 1. The molecule has 0 aromatic heterocycles. The van der Waals surface area contributed by atoms with E-state index in [-0.39, 0.29) is 11.6 Å². The zero-order chi connectivity index (χ0) is 16.9. The highest BCUT2D eigenvalue weighted by Crippen LogP contribution is 2.30. The van der Waals surface area contributed by atoms with Crippen LogP contribution in [0, 0.1) is 5.82 Å². The maximum Gasteiger partial charge on any atom is 0.123 e. The van der Waals surface area contributed by atoms with E-state index in [0.717, 1.165) is 36.4 Å². The van der Waals surface area contributed by atoms with Crippen molar-refractivity contribution >= 4 is 5.69 Å². The van der Waals surface area contributed by atoms with Gasteiger partial charge in [-0.05, 0) is 54.8 Å². The zero-order valence-electron chi connectivity index (χ0n) is 13.6. The molecule has 0 amide bonds. The van der Waals surface area contributed by atoms with Crippen LogP contribution in [0.25, 0.3) is 0 Å². The monoisotopic (exact) mass is 327 g/mol. The number of hydrogen-bond donors (Lipinski definition) is 1. The molecular weight excluding hydrogens is 305 g/mol. The molecule has 0 saturated carbocycles. The molecule has 0 spiro atoms. The van der Waals surface area contributed by atoms with Gasteiger partial charge in [-0.2, -0.15) is 0 Å². The minimum Gasteiger partial charge on any atom is -0.513 e. The molecule has 0 bridgehead atoms.